The van der Waals surface area contributed by atoms with Crippen LogP contribution in [0.15, 0.2) is 36.9 Å². The summed E-state index contributed by atoms with van der Waals surface area (Å²) in [6, 6.07) is 8.03. The van der Waals surface area contributed by atoms with Crippen LogP contribution in [0.5, 0.6) is 0 Å². The summed E-state index contributed by atoms with van der Waals surface area (Å²) in [5, 5.41) is 9.08. The molecule has 1 aromatic carbocycles. The molecule has 0 aromatic heterocycles. The van der Waals surface area contributed by atoms with Gasteiger partial charge in [0.2, 0.25) is 0 Å². The molecule has 0 heterocycles. The molecule has 1 atom stereocenters. The van der Waals surface area contributed by atoms with Crippen molar-refractivity contribution in [1.29, 1.82) is 0 Å². The molecule has 0 amide bonds. The third kappa shape index (κ3) is 3.89. The predicted octanol–water partition coefficient (Wildman–Crippen LogP) is 3.20. The van der Waals surface area contributed by atoms with Gasteiger partial charge in [0, 0.05) is 0 Å². The van der Waals surface area contributed by atoms with Gasteiger partial charge in [0.25, 0.3) is 0 Å². The molecule has 2 nitrogen and oxygen atoms in total. The normalized spacial score (nSPS) is 12.1. The van der Waals surface area contributed by atoms with Crippen LogP contribution in [0.25, 0.3) is 0 Å². The van der Waals surface area contributed by atoms with Crippen molar-refractivity contribution in [2.45, 2.75) is 26.2 Å². The molecule has 0 bridgehead atoms. The Balaban J connectivity index is 2.63. The van der Waals surface area contributed by atoms with Crippen molar-refractivity contribution in [2.75, 3.05) is 0 Å². The van der Waals surface area contributed by atoms with Crippen LogP contribution < -0.4 is 0 Å². The van der Waals surface area contributed by atoms with E-state index >= 15 is 0 Å². The molecule has 0 fully saturated rings. The van der Waals surface area contributed by atoms with Crippen molar-refractivity contribution in [1.82, 2.24) is 0 Å². The Morgan fingerprint density at radius 1 is 1.44 bits per heavy atom. The second-order valence-corrected chi connectivity index (χ2v) is 4.09. The lowest BCUT2D eigenvalue weighted by Gasteiger charge is -2.11. The van der Waals surface area contributed by atoms with E-state index in [0.717, 1.165) is 12.0 Å². The second-order valence-electron chi connectivity index (χ2n) is 4.09. The van der Waals surface area contributed by atoms with Gasteiger partial charge in [-0.25, -0.2) is 0 Å². The smallest absolute Gasteiger partial charge is 0.306 e. The van der Waals surface area contributed by atoms with Gasteiger partial charge in [0.15, 0.2) is 0 Å². The molecule has 1 rings (SSSR count). The number of aryl methyl sites for hydroxylation is 1. The molecule has 1 aromatic rings. The zero-order chi connectivity index (χ0) is 12.0. The Morgan fingerprint density at radius 3 is 2.56 bits per heavy atom. The number of carboxylic acids is 1. The van der Waals surface area contributed by atoms with E-state index in [-0.39, 0.29) is 5.92 Å². The Morgan fingerprint density at radius 2 is 2.06 bits per heavy atom. The Hall–Kier alpha value is -1.57. The maximum absolute atomic E-state index is 11.0. The van der Waals surface area contributed by atoms with Gasteiger partial charge in [-0.05, 0) is 31.7 Å². The minimum Gasteiger partial charge on any atom is -0.481 e. The van der Waals surface area contributed by atoms with Gasteiger partial charge >= 0.3 is 5.97 Å². The first-order chi connectivity index (χ1) is 7.63. The zero-order valence-electron chi connectivity index (χ0n) is 9.65. The molecule has 16 heavy (non-hydrogen) atoms. The lowest BCUT2D eigenvalue weighted by Crippen LogP contribution is -2.16. The minimum absolute atomic E-state index is 0.305. The summed E-state index contributed by atoms with van der Waals surface area (Å²) in [7, 11) is 0. The van der Waals surface area contributed by atoms with E-state index < -0.39 is 5.97 Å². The highest BCUT2D eigenvalue weighted by Gasteiger charge is 2.16. The van der Waals surface area contributed by atoms with E-state index in [2.05, 4.69) is 6.58 Å². The van der Waals surface area contributed by atoms with Crippen LogP contribution in [0.4, 0.5) is 0 Å². The highest BCUT2D eigenvalue weighted by atomic mass is 16.4. The van der Waals surface area contributed by atoms with Crippen LogP contribution in [0.1, 0.15) is 24.0 Å². The molecule has 1 N–H and O–H groups in total. The molecule has 0 aliphatic rings. The molecular formula is C14H18O2. The number of carbonyl (C=O) groups is 1. The molecule has 0 saturated carbocycles. The highest BCUT2D eigenvalue weighted by molar-refractivity contribution is 5.70. The van der Waals surface area contributed by atoms with Crippen molar-refractivity contribution in [3.63, 3.8) is 0 Å². The third-order valence-corrected chi connectivity index (χ3v) is 2.67. The first-order valence-electron chi connectivity index (χ1n) is 5.52. The quantitative estimate of drug-likeness (QED) is 0.744. The summed E-state index contributed by atoms with van der Waals surface area (Å²) >= 11 is 0. The SMILES string of the molecule is C=CCCC(Cc1ccc(C)cc1)C(=O)O. The first kappa shape index (κ1) is 12.5. The van der Waals surface area contributed by atoms with Crippen LogP contribution in [0.2, 0.25) is 0 Å². The fraction of sp³-hybridized carbons (Fsp3) is 0.357. The van der Waals surface area contributed by atoms with Crippen LogP contribution >= 0.6 is 0 Å². The number of hydrogen-bond acceptors (Lipinski definition) is 1. The third-order valence-electron chi connectivity index (χ3n) is 2.67. The van der Waals surface area contributed by atoms with Gasteiger partial charge in [0.1, 0.15) is 0 Å². The molecule has 0 aliphatic carbocycles. The summed E-state index contributed by atoms with van der Waals surface area (Å²) in [6.07, 6.45) is 3.78. The van der Waals surface area contributed by atoms with E-state index in [1.54, 1.807) is 6.08 Å². The standard InChI is InChI=1S/C14H18O2/c1-3-4-5-13(14(15)16)10-12-8-6-11(2)7-9-12/h3,6-9,13H,1,4-5,10H2,2H3,(H,15,16). The summed E-state index contributed by atoms with van der Waals surface area (Å²) in [6.45, 7) is 5.64. The lowest BCUT2D eigenvalue weighted by atomic mass is 9.94. The van der Waals surface area contributed by atoms with Crippen LogP contribution in [0, 0.1) is 12.8 Å². The van der Waals surface area contributed by atoms with Crippen LogP contribution in [-0.2, 0) is 11.2 Å². The van der Waals surface area contributed by atoms with E-state index in [1.807, 2.05) is 31.2 Å². The molecule has 2 heteroatoms. The topological polar surface area (TPSA) is 37.3 Å². The van der Waals surface area contributed by atoms with Gasteiger partial charge in [-0.15, -0.1) is 6.58 Å². The average Bonchev–Trinajstić information content (AvgIpc) is 2.26. The maximum atomic E-state index is 11.0. The number of hydrogen-bond donors (Lipinski definition) is 1. The zero-order valence-corrected chi connectivity index (χ0v) is 9.65. The number of rotatable bonds is 6. The lowest BCUT2D eigenvalue weighted by molar-refractivity contribution is -0.141. The van der Waals surface area contributed by atoms with Gasteiger partial charge in [-0.2, -0.15) is 0 Å². The summed E-state index contributed by atoms with van der Waals surface area (Å²) < 4.78 is 0. The molecular weight excluding hydrogens is 200 g/mol. The van der Waals surface area contributed by atoms with Gasteiger partial charge < -0.3 is 5.11 Å². The van der Waals surface area contributed by atoms with Gasteiger partial charge in [-0.1, -0.05) is 35.9 Å². The van der Waals surface area contributed by atoms with Crippen molar-refractivity contribution in [3.05, 3.63) is 48.0 Å². The minimum atomic E-state index is -0.720. The molecule has 1 unspecified atom stereocenters. The number of aliphatic carboxylic acids is 1. The van der Waals surface area contributed by atoms with Crippen molar-refractivity contribution in [2.24, 2.45) is 5.92 Å². The largest absolute Gasteiger partial charge is 0.481 e. The van der Waals surface area contributed by atoms with Crippen molar-refractivity contribution in [3.8, 4) is 0 Å². The highest BCUT2D eigenvalue weighted by Crippen LogP contribution is 2.15. The van der Waals surface area contributed by atoms with Crippen molar-refractivity contribution < 1.29 is 9.90 Å². The molecule has 0 saturated heterocycles. The fourth-order valence-corrected chi connectivity index (χ4v) is 1.64. The van der Waals surface area contributed by atoms with Gasteiger partial charge in [0.05, 0.1) is 5.92 Å². The van der Waals surface area contributed by atoms with E-state index in [1.165, 1.54) is 5.56 Å². The molecule has 0 radical (unpaired) electrons. The van der Waals surface area contributed by atoms with Crippen molar-refractivity contribution >= 4 is 5.97 Å². The first-order valence-corrected chi connectivity index (χ1v) is 5.52. The van der Waals surface area contributed by atoms with Crippen LogP contribution in [-0.4, -0.2) is 11.1 Å². The summed E-state index contributed by atoms with van der Waals surface area (Å²) in [4.78, 5) is 11.0. The number of benzene rings is 1. The monoisotopic (exact) mass is 218 g/mol. The summed E-state index contributed by atoms with van der Waals surface area (Å²) in [5.74, 6) is -1.02. The molecule has 0 spiro atoms. The summed E-state index contributed by atoms with van der Waals surface area (Å²) in [5.41, 5.74) is 2.28. The number of carboxylic acid groups (broad SMARTS) is 1. The fourth-order valence-electron chi connectivity index (χ4n) is 1.64. The Kier molecular flexibility index (Phi) is 4.77. The van der Waals surface area contributed by atoms with E-state index in [4.69, 9.17) is 5.11 Å². The Bertz CT molecular complexity index is 352. The van der Waals surface area contributed by atoms with Crippen LogP contribution in [0.3, 0.4) is 0 Å². The number of allylic oxidation sites excluding steroid dienone is 1. The molecule has 0 aliphatic heterocycles. The Labute approximate surface area is 96.6 Å². The van der Waals surface area contributed by atoms with E-state index in [0.29, 0.717) is 12.8 Å². The second kappa shape index (κ2) is 6.11. The van der Waals surface area contributed by atoms with E-state index in [9.17, 15) is 4.79 Å². The predicted molar refractivity (Wildman–Crippen MR) is 65.4 cm³/mol. The van der Waals surface area contributed by atoms with Gasteiger partial charge in [-0.3, -0.25) is 4.79 Å². The average molecular weight is 218 g/mol. The maximum Gasteiger partial charge on any atom is 0.306 e. The molecule has 86 valence electrons.